The normalized spacial score (nSPS) is 20.5. The molecule has 1 aromatic carbocycles. The Hall–Kier alpha value is -1.44. The van der Waals surface area contributed by atoms with Gasteiger partial charge in [-0.3, -0.25) is 9.35 Å². The lowest BCUT2D eigenvalue weighted by molar-refractivity contribution is -0.117. The summed E-state index contributed by atoms with van der Waals surface area (Å²) in [5.41, 5.74) is 4.14. The number of hydrazine groups is 1. The summed E-state index contributed by atoms with van der Waals surface area (Å²) in [7, 11) is -4.27. The van der Waals surface area contributed by atoms with Gasteiger partial charge in [-0.05, 0) is 31.5 Å². The number of nitrogens with one attached hydrogen (secondary N) is 1. The first kappa shape index (κ1) is 13.0. The third-order valence-electron chi connectivity index (χ3n) is 2.80. The molecule has 1 unspecified atom stereocenters. The average molecular weight is 270 g/mol. The smallest absolute Gasteiger partial charge is 0.282 e. The molecule has 1 aromatic rings. The quantitative estimate of drug-likeness (QED) is 0.779. The third kappa shape index (κ3) is 2.38. The molecule has 0 aliphatic carbocycles. The monoisotopic (exact) mass is 270 g/mol. The highest BCUT2D eigenvalue weighted by Crippen LogP contribution is 2.26. The van der Waals surface area contributed by atoms with E-state index in [1.807, 2.05) is 6.92 Å². The van der Waals surface area contributed by atoms with Gasteiger partial charge >= 0.3 is 0 Å². The van der Waals surface area contributed by atoms with E-state index < -0.39 is 10.1 Å². The van der Waals surface area contributed by atoms with Gasteiger partial charge in [0.15, 0.2) is 0 Å². The Kier molecular flexibility index (Phi) is 3.14. The summed E-state index contributed by atoms with van der Waals surface area (Å²) >= 11 is 0. The number of benzene rings is 1. The summed E-state index contributed by atoms with van der Waals surface area (Å²) in [4.78, 5) is 11.5. The molecule has 1 fully saturated rings. The first-order chi connectivity index (χ1) is 8.29. The van der Waals surface area contributed by atoms with Gasteiger partial charge < -0.3 is 0 Å². The van der Waals surface area contributed by atoms with Gasteiger partial charge in [0.25, 0.3) is 10.1 Å². The fourth-order valence-electron chi connectivity index (χ4n) is 1.89. The van der Waals surface area contributed by atoms with Gasteiger partial charge in [-0.2, -0.15) is 8.42 Å². The molecule has 0 aromatic heterocycles. The fourth-order valence-corrected chi connectivity index (χ4v) is 2.39. The lowest BCUT2D eigenvalue weighted by Crippen LogP contribution is -2.37. The van der Waals surface area contributed by atoms with Crippen LogP contribution in [0.1, 0.15) is 18.9 Å². The van der Waals surface area contributed by atoms with Crippen LogP contribution in [0, 0.1) is 6.92 Å². The van der Waals surface area contributed by atoms with Crippen molar-refractivity contribution in [1.82, 2.24) is 5.43 Å². The summed E-state index contributed by atoms with van der Waals surface area (Å²) in [6, 6.07) is 4.15. The first-order valence-electron chi connectivity index (χ1n) is 5.46. The molecule has 1 amide bonds. The van der Waals surface area contributed by atoms with Crippen molar-refractivity contribution >= 4 is 21.7 Å². The highest BCUT2D eigenvalue weighted by atomic mass is 32.2. The second kappa shape index (κ2) is 4.34. The van der Waals surface area contributed by atoms with Crippen LogP contribution in [0.4, 0.5) is 5.69 Å². The van der Waals surface area contributed by atoms with Crippen molar-refractivity contribution < 1.29 is 17.8 Å². The van der Waals surface area contributed by atoms with E-state index in [0.29, 0.717) is 12.1 Å². The molecule has 1 atom stereocenters. The number of nitrogens with zero attached hydrogens (tertiary/aromatic N) is 1. The number of carbonyl (C=O) groups excluding carboxylic acids is 1. The van der Waals surface area contributed by atoms with Crippen LogP contribution < -0.4 is 10.4 Å². The van der Waals surface area contributed by atoms with E-state index in [0.717, 1.165) is 5.56 Å². The summed E-state index contributed by atoms with van der Waals surface area (Å²) in [5.74, 6) is -0.127. The Labute approximate surface area is 105 Å². The summed E-state index contributed by atoms with van der Waals surface area (Å²) < 4.78 is 31.2. The Morgan fingerprint density at radius 3 is 2.61 bits per heavy atom. The lowest BCUT2D eigenvalue weighted by Gasteiger charge is -2.19. The lowest BCUT2D eigenvalue weighted by atomic mass is 10.2. The molecule has 2 N–H and O–H groups in total. The van der Waals surface area contributed by atoms with E-state index in [1.54, 1.807) is 13.0 Å². The van der Waals surface area contributed by atoms with Crippen LogP contribution in [0.5, 0.6) is 0 Å². The maximum atomic E-state index is 11.7. The summed E-state index contributed by atoms with van der Waals surface area (Å²) in [6.45, 7) is 3.63. The highest BCUT2D eigenvalue weighted by molar-refractivity contribution is 7.85. The maximum absolute atomic E-state index is 11.7. The minimum atomic E-state index is -4.27. The van der Waals surface area contributed by atoms with Crippen molar-refractivity contribution in [2.24, 2.45) is 0 Å². The Balaban J connectivity index is 2.48. The number of rotatable bonds is 2. The molecule has 98 valence electrons. The summed E-state index contributed by atoms with van der Waals surface area (Å²) in [6.07, 6.45) is 0.357. The fraction of sp³-hybridized carbons (Fsp3) is 0.364. The predicted octanol–water partition coefficient (Wildman–Crippen LogP) is 0.872. The van der Waals surface area contributed by atoms with Gasteiger partial charge in [0, 0.05) is 12.5 Å². The average Bonchev–Trinajstić information content (AvgIpc) is 2.56. The predicted molar refractivity (Wildman–Crippen MR) is 65.7 cm³/mol. The van der Waals surface area contributed by atoms with Crippen molar-refractivity contribution in [2.75, 3.05) is 5.01 Å². The molecule has 6 nitrogen and oxygen atoms in total. The van der Waals surface area contributed by atoms with E-state index in [-0.39, 0.29) is 16.8 Å². The van der Waals surface area contributed by atoms with E-state index in [1.165, 1.54) is 17.1 Å². The summed E-state index contributed by atoms with van der Waals surface area (Å²) in [5, 5.41) is 1.33. The van der Waals surface area contributed by atoms with Gasteiger partial charge in [0.2, 0.25) is 5.91 Å². The standard InChI is InChI=1S/C11H14N2O4S/c1-7-3-4-9(18(15,16)17)6-10(7)13-11(14)5-8(2)12-13/h3-4,6,8,12H,5H2,1-2H3,(H,15,16,17). The van der Waals surface area contributed by atoms with Gasteiger partial charge in [-0.25, -0.2) is 10.4 Å². The molecule has 1 heterocycles. The van der Waals surface area contributed by atoms with E-state index >= 15 is 0 Å². The zero-order valence-electron chi connectivity index (χ0n) is 10.0. The second-order valence-electron chi connectivity index (χ2n) is 4.39. The molecule has 7 heteroatoms. The molecule has 0 radical (unpaired) electrons. The van der Waals surface area contributed by atoms with Crippen molar-refractivity contribution in [3.8, 4) is 0 Å². The largest absolute Gasteiger partial charge is 0.294 e. The number of carbonyl (C=O) groups is 1. The number of aryl methyl sites for hydroxylation is 1. The minimum absolute atomic E-state index is 0.00582. The van der Waals surface area contributed by atoms with Crippen molar-refractivity contribution in [3.05, 3.63) is 23.8 Å². The molecular formula is C11H14N2O4S. The Morgan fingerprint density at radius 2 is 2.11 bits per heavy atom. The molecule has 18 heavy (non-hydrogen) atoms. The van der Waals surface area contributed by atoms with Crippen LogP contribution in [0.25, 0.3) is 0 Å². The molecule has 0 bridgehead atoms. The van der Waals surface area contributed by atoms with Crippen LogP contribution >= 0.6 is 0 Å². The number of amides is 1. The van der Waals surface area contributed by atoms with Crippen LogP contribution in [0.2, 0.25) is 0 Å². The first-order valence-corrected chi connectivity index (χ1v) is 6.90. The minimum Gasteiger partial charge on any atom is -0.282 e. The molecule has 0 spiro atoms. The zero-order valence-corrected chi connectivity index (χ0v) is 10.9. The van der Waals surface area contributed by atoms with Gasteiger partial charge in [0.05, 0.1) is 10.6 Å². The van der Waals surface area contributed by atoms with Crippen LogP contribution in [0.15, 0.2) is 23.1 Å². The molecule has 1 saturated heterocycles. The van der Waals surface area contributed by atoms with E-state index in [4.69, 9.17) is 4.55 Å². The zero-order chi connectivity index (χ0) is 13.5. The van der Waals surface area contributed by atoms with E-state index in [2.05, 4.69) is 5.43 Å². The second-order valence-corrected chi connectivity index (χ2v) is 5.81. The van der Waals surface area contributed by atoms with E-state index in [9.17, 15) is 13.2 Å². The third-order valence-corrected chi connectivity index (χ3v) is 3.65. The molecule has 1 aliphatic heterocycles. The SMILES string of the molecule is Cc1ccc(S(=O)(=O)O)cc1N1NC(C)CC1=O. The molecule has 1 aliphatic rings. The van der Waals surface area contributed by atoms with Crippen molar-refractivity contribution in [2.45, 2.75) is 31.2 Å². The maximum Gasteiger partial charge on any atom is 0.294 e. The molecule has 0 saturated carbocycles. The van der Waals surface area contributed by atoms with Crippen LogP contribution in [-0.2, 0) is 14.9 Å². The van der Waals surface area contributed by atoms with Crippen LogP contribution in [0.3, 0.4) is 0 Å². The van der Waals surface area contributed by atoms with Crippen LogP contribution in [-0.4, -0.2) is 24.9 Å². The highest BCUT2D eigenvalue weighted by Gasteiger charge is 2.28. The topological polar surface area (TPSA) is 86.7 Å². The van der Waals surface area contributed by atoms with Gasteiger partial charge in [0.1, 0.15) is 0 Å². The number of hydrogen-bond donors (Lipinski definition) is 2. The molecule has 2 rings (SSSR count). The number of hydrogen-bond acceptors (Lipinski definition) is 4. The van der Waals surface area contributed by atoms with Gasteiger partial charge in [-0.15, -0.1) is 0 Å². The Morgan fingerprint density at radius 1 is 1.44 bits per heavy atom. The van der Waals surface area contributed by atoms with Crippen molar-refractivity contribution in [1.29, 1.82) is 0 Å². The molecular weight excluding hydrogens is 256 g/mol. The Bertz CT molecular complexity index is 597. The van der Waals surface area contributed by atoms with Gasteiger partial charge in [-0.1, -0.05) is 6.07 Å². The number of anilines is 1. The van der Waals surface area contributed by atoms with Crippen molar-refractivity contribution in [3.63, 3.8) is 0 Å².